The molecule has 1 saturated carbocycles. The summed E-state index contributed by atoms with van der Waals surface area (Å²) in [4.78, 5) is 12.2. The molecule has 1 fully saturated rings. The van der Waals surface area contributed by atoms with Gasteiger partial charge in [-0.2, -0.15) is 0 Å². The lowest BCUT2D eigenvalue weighted by Gasteiger charge is -2.08. The molecule has 0 heterocycles. The molecule has 1 amide bonds. The van der Waals surface area contributed by atoms with Gasteiger partial charge < -0.3 is 5.32 Å². The molecular weight excluding hydrogens is 289 g/mol. The van der Waals surface area contributed by atoms with E-state index in [0.717, 1.165) is 23.2 Å². The molecule has 0 bridgehead atoms. The normalized spacial score (nSPS) is 20.1. The third-order valence-electron chi connectivity index (χ3n) is 3.87. The molecule has 0 radical (unpaired) electrons. The molecule has 0 aliphatic heterocycles. The number of hydrogen-bond acceptors (Lipinski definition) is 1. The van der Waals surface area contributed by atoms with E-state index >= 15 is 0 Å². The van der Waals surface area contributed by atoms with Crippen molar-refractivity contribution in [1.82, 2.24) is 0 Å². The zero-order chi connectivity index (χ0) is 15.0. The lowest BCUT2D eigenvalue weighted by molar-refractivity contribution is -0.117. The maximum atomic E-state index is 12.9. The molecule has 1 N–H and O–H groups in total. The Morgan fingerprint density at radius 2 is 1.95 bits per heavy atom. The molecule has 3 rings (SSSR count). The van der Waals surface area contributed by atoms with Crippen LogP contribution < -0.4 is 5.32 Å². The highest BCUT2D eigenvalue weighted by Crippen LogP contribution is 2.48. The maximum Gasteiger partial charge on any atom is 0.228 e. The zero-order valence-electron chi connectivity index (χ0n) is 11.6. The van der Waals surface area contributed by atoms with Crippen molar-refractivity contribution in [2.24, 2.45) is 5.92 Å². The van der Waals surface area contributed by atoms with Crippen molar-refractivity contribution in [3.05, 3.63) is 64.4 Å². The minimum atomic E-state index is -0.253. The van der Waals surface area contributed by atoms with E-state index in [1.165, 1.54) is 12.1 Å². The van der Waals surface area contributed by atoms with Crippen LogP contribution in [0.5, 0.6) is 0 Å². The van der Waals surface area contributed by atoms with Crippen molar-refractivity contribution in [3.8, 4) is 0 Å². The van der Waals surface area contributed by atoms with Crippen LogP contribution in [0.3, 0.4) is 0 Å². The van der Waals surface area contributed by atoms with E-state index in [4.69, 9.17) is 11.6 Å². The van der Waals surface area contributed by atoms with Gasteiger partial charge in [0.15, 0.2) is 0 Å². The Morgan fingerprint density at radius 1 is 1.24 bits per heavy atom. The highest BCUT2D eigenvalue weighted by atomic mass is 35.5. The third kappa shape index (κ3) is 3.08. The summed E-state index contributed by atoms with van der Waals surface area (Å²) < 4.78 is 12.9. The van der Waals surface area contributed by atoms with E-state index in [0.29, 0.717) is 5.02 Å². The molecule has 21 heavy (non-hydrogen) atoms. The van der Waals surface area contributed by atoms with Gasteiger partial charge >= 0.3 is 0 Å². The molecule has 0 spiro atoms. The Labute approximate surface area is 127 Å². The number of benzene rings is 2. The summed E-state index contributed by atoms with van der Waals surface area (Å²) in [7, 11) is 0. The predicted octanol–water partition coefficient (Wildman–Crippen LogP) is 4.53. The van der Waals surface area contributed by atoms with E-state index in [1.54, 1.807) is 18.2 Å². The number of nitrogens with one attached hydrogen (secondary N) is 1. The van der Waals surface area contributed by atoms with Crippen LogP contribution in [0.4, 0.5) is 10.1 Å². The van der Waals surface area contributed by atoms with Crippen molar-refractivity contribution in [1.29, 1.82) is 0 Å². The average molecular weight is 304 g/mol. The molecule has 2 unspecified atom stereocenters. The van der Waals surface area contributed by atoms with Crippen LogP contribution in [0.2, 0.25) is 5.02 Å². The molecule has 108 valence electrons. The largest absolute Gasteiger partial charge is 0.326 e. The van der Waals surface area contributed by atoms with Crippen LogP contribution >= 0.6 is 11.6 Å². The standard InChI is InChI=1S/C17H15ClFNO/c1-10-8-12(18)4-7-16(10)20-17(21)15-9-14(15)11-2-5-13(19)6-3-11/h2-8,14-15H,9H2,1H3,(H,20,21). The van der Waals surface area contributed by atoms with Gasteiger partial charge in [-0.05, 0) is 60.7 Å². The van der Waals surface area contributed by atoms with Gasteiger partial charge in [0.25, 0.3) is 0 Å². The molecule has 0 aromatic heterocycles. The second kappa shape index (κ2) is 5.49. The Morgan fingerprint density at radius 3 is 2.62 bits per heavy atom. The van der Waals surface area contributed by atoms with Gasteiger partial charge in [0.2, 0.25) is 5.91 Å². The molecule has 0 saturated heterocycles. The summed E-state index contributed by atoms with van der Waals surface area (Å²) in [5, 5.41) is 3.59. The summed E-state index contributed by atoms with van der Waals surface area (Å²) in [6, 6.07) is 11.8. The smallest absolute Gasteiger partial charge is 0.228 e. The van der Waals surface area contributed by atoms with E-state index < -0.39 is 0 Å². The van der Waals surface area contributed by atoms with Gasteiger partial charge in [-0.1, -0.05) is 23.7 Å². The Kier molecular flexibility index (Phi) is 3.68. The number of aryl methyl sites for hydroxylation is 1. The van der Waals surface area contributed by atoms with Crippen molar-refractivity contribution in [2.75, 3.05) is 5.32 Å². The highest BCUT2D eigenvalue weighted by molar-refractivity contribution is 6.30. The molecular formula is C17H15ClFNO. The summed E-state index contributed by atoms with van der Waals surface area (Å²) in [5.74, 6) is -0.0873. The zero-order valence-corrected chi connectivity index (χ0v) is 12.3. The summed E-state index contributed by atoms with van der Waals surface area (Å²) in [6.45, 7) is 1.91. The van der Waals surface area contributed by atoms with Gasteiger partial charge in [0.05, 0.1) is 0 Å². The van der Waals surface area contributed by atoms with Crippen molar-refractivity contribution in [2.45, 2.75) is 19.3 Å². The first-order valence-electron chi connectivity index (χ1n) is 6.87. The molecule has 1 aliphatic rings. The van der Waals surface area contributed by atoms with Gasteiger partial charge in [0, 0.05) is 16.6 Å². The fourth-order valence-electron chi connectivity index (χ4n) is 2.56. The summed E-state index contributed by atoms with van der Waals surface area (Å²) >= 11 is 5.90. The minimum absolute atomic E-state index is 0.00903. The summed E-state index contributed by atoms with van der Waals surface area (Å²) in [5.41, 5.74) is 2.74. The van der Waals surface area contributed by atoms with Gasteiger partial charge in [-0.15, -0.1) is 0 Å². The molecule has 2 atom stereocenters. The summed E-state index contributed by atoms with van der Waals surface area (Å²) in [6.07, 6.45) is 0.810. The molecule has 2 nitrogen and oxygen atoms in total. The first-order chi connectivity index (χ1) is 10.0. The number of amides is 1. The third-order valence-corrected chi connectivity index (χ3v) is 4.11. The van der Waals surface area contributed by atoms with Gasteiger partial charge in [0.1, 0.15) is 5.82 Å². The number of anilines is 1. The Balaban J connectivity index is 1.66. The Hall–Kier alpha value is -1.87. The van der Waals surface area contributed by atoms with Gasteiger partial charge in [-0.25, -0.2) is 4.39 Å². The van der Waals surface area contributed by atoms with Crippen molar-refractivity contribution in [3.63, 3.8) is 0 Å². The fraction of sp³-hybridized carbons (Fsp3) is 0.235. The molecule has 4 heteroatoms. The Bertz CT molecular complexity index is 684. The van der Waals surface area contributed by atoms with E-state index in [2.05, 4.69) is 5.32 Å². The first kappa shape index (κ1) is 14.1. The lowest BCUT2D eigenvalue weighted by atomic mass is 10.1. The second-order valence-electron chi connectivity index (χ2n) is 5.45. The van der Waals surface area contributed by atoms with E-state index in [9.17, 15) is 9.18 Å². The van der Waals surface area contributed by atoms with Crippen LogP contribution in [-0.4, -0.2) is 5.91 Å². The van der Waals surface area contributed by atoms with E-state index in [-0.39, 0.29) is 23.6 Å². The van der Waals surface area contributed by atoms with Crippen LogP contribution in [0.1, 0.15) is 23.5 Å². The molecule has 2 aromatic rings. The fourth-order valence-corrected chi connectivity index (χ4v) is 2.78. The van der Waals surface area contributed by atoms with Crippen molar-refractivity contribution >= 4 is 23.2 Å². The maximum absolute atomic E-state index is 12.9. The molecule has 2 aromatic carbocycles. The monoisotopic (exact) mass is 303 g/mol. The molecule has 1 aliphatic carbocycles. The highest BCUT2D eigenvalue weighted by Gasteiger charge is 2.43. The average Bonchev–Trinajstić information content (AvgIpc) is 3.23. The number of hydrogen-bond donors (Lipinski definition) is 1. The minimum Gasteiger partial charge on any atom is -0.326 e. The van der Waals surface area contributed by atoms with Gasteiger partial charge in [-0.3, -0.25) is 4.79 Å². The lowest BCUT2D eigenvalue weighted by Crippen LogP contribution is -2.15. The predicted molar refractivity (Wildman–Crippen MR) is 82.1 cm³/mol. The second-order valence-corrected chi connectivity index (χ2v) is 5.89. The number of rotatable bonds is 3. The SMILES string of the molecule is Cc1cc(Cl)ccc1NC(=O)C1CC1c1ccc(F)cc1. The van der Waals surface area contributed by atoms with Crippen LogP contribution in [-0.2, 0) is 4.79 Å². The van der Waals surface area contributed by atoms with Crippen molar-refractivity contribution < 1.29 is 9.18 Å². The quantitative estimate of drug-likeness (QED) is 0.887. The number of carbonyl (C=O) groups is 1. The first-order valence-corrected chi connectivity index (χ1v) is 7.25. The number of carbonyl (C=O) groups excluding carboxylic acids is 1. The van der Waals surface area contributed by atoms with Crippen LogP contribution in [0.25, 0.3) is 0 Å². The number of halogens is 2. The van der Waals surface area contributed by atoms with E-state index in [1.807, 2.05) is 19.1 Å². The topological polar surface area (TPSA) is 29.1 Å². The van der Waals surface area contributed by atoms with Crippen LogP contribution in [0, 0.1) is 18.7 Å². The van der Waals surface area contributed by atoms with Crippen LogP contribution in [0.15, 0.2) is 42.5 Å².